The van der Waals surface area contributed by atoms with E-state index in [2.05, 4.69) is 0 Å². The average Bonchev–Trinajstić information content (AvgIpc) is 2.73. The molecule has 0 spiro atoms. The van der Waals surface area contributed by atoms with Crippen molar-refractivity contribution in [2.45, 2.75) is 52.2 Å². The molecule has 0 N–H and O–H groups in total. The lowest BCUT2D eigenvalue weighted by molar-refractivity contribution is -0.159. The first-order chi connectivity index (χ1) is 8.26. The molecule has 0 radical (unpaired) electrons. The maximum Gasteiger partial charge on any atom is 0.329 e. The first-order valence-corrected chi connectivity index (χ1v) is 6.51. The van der Waals surface area contributed by atoms with E-state index in [0.29, 0.717) is 19.5 Å². The highest BCUT2D eigenvalue weighted by Gasteiger charge is 2.37. The van der Waals surface area contributed by atoms with Gasteiger partial charge in [0.05, 0.1) is 0 Å². The number of rotatable bonds is 2. The fraction of sp³-hybridized carbons (Fsp3) is 0.846. The van der Waals surface area contributed by atoms with Crippen molar-refractivity contribution >= 4 is 12.0 Å². The third-order valence-corrected chi connectivity index (χ3v) is 2.98. The summed E-state index contributed by atoms with van der Waals surface area (Å²) >= 11 is 0. The van der Waals surface area contributed by atoms with Crippen molar-refractivity contribution in [3.63, 3.8) is 0 Å². The second-order valence-electron chi connectivity index (χ2n) is 5.68. The summed E-state index contributed by atoms with van der Waals surface area (Å²) in [5.74, 6) is -0.294. The van der Waals surface area contributed by atoms with Gasteiger partial charge in [0.15, 0.2) is 0 Å². The van der Waals surface area contributed by atoms with Crippen LogP contribution in [-0.4, -0.2) is 53.6 Å². The van der Waals surface area contributed by atoms with E-state index in [4.69, 9.17) is 4.74 Å². The Bertz CT molecular complexity index is 323. The number of hydrogen-bond acceptors (Lipinski definition) is 3. The maximum atomic E-state index is 12.1. The second kappa shape index (κ2) is 5.59. The molecule has 18 heavy (non-hydrogen) atoms. The largest absolute Gasteiger partial charge is 0.458 e. The van der Waals surface area contributed by atoms with Gasteiger partial charge in [-0.3, -0.25) is 0 Å². The Labute approximate surface area is 109 Å². The first kappa shape index (κ1) is 14.8. The van der Waals surface area contributed by atoms with Crippen LogP contribution in [0.2, 0.25) is 0 Å². The molecule has 0 bridgehead atoms. The van der Waals surface area contributed by atoms with E-state index in [9.17, 15) is 9.59 Å². The van der Waals surface area contributed by atoms with Gasteiger partial charge in [0, 0.05) is 20.1 Å². The van der Waals surface area contributed by atoms with E-state index in [0.717, 1.165) is 6.42 Å². The molecular formula is C13H24N2O3. The van der Waals surface area contributed by atoms with Gasteiger partial charge < -0.3 is 14.5 Å². The molecule has 1 saturated heterocycles. The Morgan fingerprint density at radius 1 is 1.39 bits per heavy atom. The van der Waals surface area contributed by atoms with Crippen molar-refractivity contribution in [3.05, 3.63) is 0 Å². The summed E-state index contributed by atoms with van der Waals surface area (Å²) in [5, 5.41) is 0. The highest BCUT2D eigenvalue weighted by Crippen LogP contribution is 2.22. The molecule has 0 saturated carbocycles. The lowest BCUT2D eigenvalue weighted by Gasteiger charge is -2.30. The normalized spacial score (nSPS) is 19.8. The molecule has 2 amide bonds. The Morgan fingerprint density at radius 3 is 2.50 bits per heavy atom. The van der Waals surface area contributed by atoms with Gasteiger partial charge in [-0.25, -0.2) is 9.59 Å². The fourth-order valence-electron chi connectivity index (χ4n) is 1.97. The molecule has 0 aromatic heterocycles. The number of ether oxygens (including phenoxy) is 1. The van der Waals surface area contributed by atoms with Gasteiger partial charge in [-0.15, -0.1) is 0 Å². The highest BCUT2D eigenvalue weighted by atomic mass is 16.6. The van der Waals surface area contributed by atoms with Crippen molar-refractivity contribution in [2.75, 3.05) is 20.1 Å². The van der Waals surface area contributed by atoms with Crippen molar-refractivity contribution in [1.82, 2.24) is 9.80 Å². The summed E-state index contributed by atoms with van der Waals surface area (Å²) in [6.45, 7) is 8.69. The summed E-state index contributed by atoms with van der Waals surface area (Å²) < 4.78 is 5.36. The molecule has 0 aromatic rings. The van der Waals surface area contributed by atoms with Crippen LogP contribution in [0.1, 0.15) is 40.5 Å². The lowest BCUT2D eigenvalue weighted by atomic mass is 10.1. The number of urea groups is 1. The third kappa shape index (κ3) is 3.62. The Hall–Kier alpha value is -1.26. The minimum absolute atomic E-state index is 0.0918. The van der Waals surface area contributed by atoms with Crippen LogP contribution in [0.3, 0.4) is 0 Å². The zero-order valence-electron chi connectivity index (χ0n) is 12.0. The zero-order chi connectivity index (χ0) is 13.9. The van der Waals surface area contributed by atoms with Crippen molar-refractivity contribution in [1.29, 1.82) is 0 Å². The van der Waals surface area contributed by atoms with Crippen molar-refractivity contribution in [3.8, 4) is 0 Å². The number of esters is 1. The van der Waals surface area contributed by atoms with Crippen molar-refractivity contribution in [2.24, 2.45) is 0 Å². The highest BCUT2D eigenvalue weighted by molar-refractivity contribution is 5.84. The van der Waals surface area contributed by atoms with E-state index < -0.39 is 11.6 Å². The van der Waals surface area contributed by atoms with E-state index >= 15 is 0 Å². The third-order valence-electron chi connectivity index (χ3n) is 2.98. The maximum absolute atomic E-state index is 12.1. The molecular weight excluding hydrogens is 232 g/mol. The van der Waals surface area contributed by atoms with E-state index in [1.165, 1.54) is 0 Å². The van der Waals surface area contributed by atoms with E-state index in [1.807, 2.05) is 27.7 Å². The van der Waals surface area contributed by atoms with Gasteiger partial charge >= 0.3 is 12.0 Å². The summed E-state index contributed by atoms with van der Waals surface area (Å²) in [6.07, 6.45) is 1.55. The number of likely N-dealkylation sites (tertiary alicyclic amines) is 1. The molecule has 1 rings (SSSR count). The summed E-state index contributed by atoms with van der Waals surface area (Å²) in [6, 6.07) is -0.517. The molecule has 5 nitrogen and oxygen atoms in total. The van der Waals surface area contributed by atoms with Crippen LogP contribution in [0.25, 0.3) is 0 Å². The predicted molar refractivity (Wildman–Crippen MR) is 69.3 cm³/mol. The molecule has 0 aliphatic carbocycles. The van der Waals surface area contributed by atoms with Gasteiger partial charge in [-0.2, -0.15) is 0 Å². The van der Waals surface area contributed by atoms with E-state index in [1.54, 1.807) is 16.8 Å². The summed E-state index contributed by atoms with van der Waals surface area (Å²) in [5.41, 5.74) is -0.509. The Morgan fingerprint density at radius 2 is 2.00 bits per heavy atom. The van der Waals surface area contributed by atoms with Crippen LogP contribution in [-0.2, 0) is 9.53 Å². The van der Waals surface area contributed by atoms with Gasteiger partial charge in [-0.1, -0.05) is 0 Å². The van der Waals surface area contributed by atoms with Gasteiger partial charge in [0.1, 0.15) is 11.6 Å². The average molecular weight is 256 g/mol. The standard InChI is InChI=1S/C13H24N2O3/c1-6-14(5)12(17)15-9-7-8-10(15)11(16)18-13(2,3)4/h10H,6-9H2,1-5H3/t10-/m0/s1. The molecule has 1 atom stereocenters. The van der Waals surface area contributed by atoms with Gasteiger partial charge in [0.25, 0.3) is 0 Å². The molecule has 1 aliphatic rings. The van der Waals surface area contributed by atoms with Crippen LogP contribution >= 0.6 is 0 Å². The van der Waals surface area contributed by atoms with Gasteiger partial charge in [0.2, 0.25) is 0 Å². The van der Waals surface area contributed by atoms with E-state index in [-0.39, 0.29) is 12.0 Å². The Balaban J connectivity index is 2.70. The predicted octanol–water partition coefficient (Wildman–Crippen LogP) is 1.86. The minimum atomic E-state index is -0.509. The van der Waals surface area contributed by atoms with Gasteiger partial charge in [-0.05, 0) is 40.5 Å². The minimum Gasteiger partial charge on any atom is -0.458 e. The molecule has 1 heterocycles. The number of nitrogens with zero attached hydrogens (tertiary/aromatic N) is 2. The topological polar surface area (TPSA) is 49.9 Å². The first-order valence-electron chi connectivity index (χ1n) is 6.51. The smallest absolute Gasteiger partial charge is 0.329 e. The van der Waals surface area contributed by atoms with Crippen LogP contribution in [0, 0.1) is 0 Å². The molecule has 5 heteroatoms. The zero-order valence-corrected chi connectivity index (χ0v) is 12.0. The summed E-state index contributed by atoms with van der Waals surface area (Å²) in [4.78, 5) is 27.4. The molecule has 0 unspecified atom stereocenters. The quantitative estimate of drug-likeness (QED) is 0.709. The lowest BCUT2D eigenvalue weighted by Crippen LogP contribution is -2.48. The van der Waals surface area contributed by atoms with Crippen LogP contribution in [0.15, 0.2) is 0 Å². The molecule has 0 aromatic carbocycles. The SMILES string of the molecule is CCN(C)C(=O)N1CCC[C@H]1C(=O)OC(C)(C)C. The second-order valence-corrected chi connectivity index (χ2v) is 5.68. The van der Waals surface area contributed by atoms with Crippen LogP contribution < -0.4 is 0 Å². The Kier molecular flexibility index (Phi) is 4.59. The summed E-state index contributed by atoms with van der Waals surface area (Å²) in [7, 11) is 1.74. The fourth-order valence-corrected chi connectivity index (χ4v) is 1.97. The molecule has 104 valence electrons. The number of carbonyl (C=O) groups excluding carboxylic acids is 2. The number of amides is 2. The monoisotopic (exact) mass is 256 g/mol. The van der Waals surface area contributed by atoms with Crippen molar-refractivity contribution < 1.29 is 14.3 Å². The molecule has 1 aliphatic heterocycles. The number of carbonyl (C=O) groups is 2. The van der Waals surface area contributed by atoms with Crippen LogP contribution in [0.5, 0.6) is 0 Å². The molecule has 1 fully saturated rings. The number of hydrogen-bond donors (Lipinski definition) is 0. The van der Waals surface area contributed by atoms with Crippen LogP contribution in [0.4, 0.5) is 4.79 Å².